The predicted molar refractivity (Wildman–Crippen MR) is 76.0 cm³/mol. The van der Waals surface area contributed by atoms with E-state index in [9.17, 15) is 0 Å². The fraction of sp³-hybridized carbons (Fsp3) is 1.00. The molecule has 17 heavy (non-hydrogen) atoms. The van der Waals surface area contributed by atoms with Crippen LogP contribution in [0.3, 0.4) is 0 Å². The molecule has 0 bridgehead atoms. The van der Waals surface area contributed by atoms with E-state index < -0.39 is 0 Å². The minimum Gasteiger partial charge on any atom is -0.0651 e. The molecule has 0 amide bonds. The van der Waals surface area contributed by atoms with Gasteiger partial charge in [-0.25, -0.2) is 0 Å². The van der Waals surface area contributed by atoms with Crippen molar-refractivity contribution in [3.63, 3.8) is 0 Å². The standard InChI is InChI=1S/C17H32/c1-6-13-7-14-9-16(10-15(14)8-13)17(4,5)11-12(2)3/h12-16H,6-11H2,1-5H3. The highest BCUT2D eigenvalue weighted by atomic mass is 14.5. The molecule has 0 heteroatoms. The Hall–Kier alpha value is 0. The number of fused-ring (bicyclic) bond motifs is 1. The number of rotatable bonds is 4. The fourth-order valence-corrected chi connectivity index (χ4v) is 4.93. The van der Waals surface area contributed by atoms with Gasteiger partial charge in [0.25, 0.3) is 0 Å². The molecule has 0 N–H and O–H groups in total. The Morgan fingerprint density at radius 1 is 1.00 bits per heavy atom. The van der Waals surface area contributed by atoms with Crippen LogP contribution >= 0.6 is 0 Å². The smallest absolute Gasteiger partial charge is 0.0323 e. The second-order valence-corrected chi connectivity index (χ2v) is 8.02. The third kappa shape index (κ3) is 2.88. The van der Waals surface area contributed by atoms with Gasteiger partial charge in [-0.05, 0) is 67.1 Å². The van der Waals surface area contributed by atoms with Gasteiger partial charge in [-0.1, -0.05) is 41.0 Å². The van der Waals surface area contributed by atoms with Crippen LogP contribution in [-0.4, -0.2) is 0 Å². The third-order valence-electron chi connectivity index (χ3n) is 5.73. The lowest BCUT2D eigenvalue weighted by Crippen LogP contribution is -2.24. The van der Waals surface area contributed by atoms with E-state index in [-0.39, 0.29) is 0 Å². The van der Waals surface area contributed by atoms with E-state index in [0.29, 0.717) is 5.41 Å². The molecule has 2 aliphatic rings. The summed E-state index contributed by atoms with van der Waals surface area (Å²) in [6.07, 6.45) is 9.02. The lowest BCUT2D eigenvalue weighted by atomic mass is 9.71. The Bertz CT molecular complexity index is 237. The molecule has 0 nitrogen and oxygen atoms in total. The SMILES string of the molecule is CCC1CC2CC(C(C)(C)CC(C)C)CC2C1. The maximum atomic E-state index is 2.52. The first-order valence-electron chi connectivity index (χ1n) is 7.92. The van der Waals surface area contributed by atoms with Crippen LogP contribution in [0.25, 0.3) is 0 Å². The van der Waals surface area contributed by atoms with Crippen molar-refractivity contribution in [3.8, 4) is 0 Å². The second-order valence-electron chi connectivity index (χ2n) is 8.02. The number of hydrogen-bond acceptors (Lipinski definition) is 0. The van der Waals surface area contributed by atoms with Gasteiger partial charge < -0.3 is 0 Å². The van der Waals surface area contributed by atoms with E-state index in [4.69, 9.17) is 0 Å². The first-order valence-corrected chi connectivity index (χ1v) is 7.92. The molecule has 2 aliphatic carbocycles. The van der Waals surface area contributed by atoms with E-state index in [1.165, 1.54) is 12.8 Å². The number of hydrogen-bond donors (Lipinski definition) is 0. The normalized spacial score (nSPS) is 37.8. The molecule has 0 aliphatic heterocycles. The van der Waals surface area contributed by atoms with Crippen LogP contribution < -0.4 is 0 Å². The van der Waals surface area contributed by atoms with Crippen LogP contribution in [0.15, 0.2) is 0 Å². The van der Waals surface area contributed by atoms with Gasteiger partial charge in [0.2, 0.25) is 0 Å². The van der Waals surface area contributed by atoms with E-state index in [1.807, 2.05) is 0 Å². The first-order chi connectivity index (χ1) is 7.92. The molecule has 0 spiro atoms. The molecule has 2 atom stereocenters. The highest BCUT2D eigenvalue weighted by Gasteiger charge is 2.45. The van der Waals surface area contributed by atoms with Crippen molar-refractivity contribution in [2.24, 2.45) is 35.0 Å². The average Bonchev–Trinajstić information content (AvgIpc) is 2.71. The van der Waals surface area contributed by atoms with Gasteiger partial charge >= 0.3 is 0 Å². The minimum absolute atomic E-state index is 0.584. The topological polar surface area (TPSA) is 0 Å². The van der Waals surface area contributed by atoms with Crippen molar-refractivity contribution in [1.29, 1.82) is 0 Å². The summed E-state index contributed by atoms with van der Waals surface area (Å²) in [6.45, 7) is 12.2. The predicted octanol–water partition coefficient (Wildman–Crippen LogP) is 5.52. The van der Waals surface area contributed by atoms with Crippen molar-refractivity contribution in [3.05, 3.63) is 0 Å². The van der Waals surface area contributed by atoms with Crippen LogP contribution in [0.5, 0.6) is 0 Å². The zero-order chi connectivity index (χ0) is 12.6. The summed E-state index contributed by atoms with van der Waals surface area (Å²) in [5.74, 6) is 5.12. The van der Waals surface area contributed by atoms with Crippen molar-refractivity contribution >= 4 is 0 Å². The van der Waals surface area contributed by atoms with Crippen LogP contribution in [0, 0.1) is 35.0 Å². The lowest BCUT2D eigenvalue weighted by Gasteiger charge is -2.34. The van der Waals surface area contributed by atoms with Gasteiger partial charge in [0.05, 0.1) is 0 Å². The lowest BCUT2D eigenvalue weighted by molar-refractivity contribution is 0.162. The molecule has 0 heterocycles. The fourth-order valence-electron chi connectivity index (χ4n) is 4.93. The van der Waals surface area contributed by atoms with Crippen molar-refractivity contribution < 1.29 is 0 Å². The van der Waals surface area contributed by atoms with Crippen LogP contribution in [-0.2, 0) is 0 Å². The Morgan fingerprint density at radius 3 is 1.94 bits per heavy atom. The highest BCUT2D eigenvalue weighted by molar-refractivity contribution is 4.95. The van der Waals surface area contributed by atoms with E-state index >= 15 is 0 Å². The summed E-state index contributed by atoms with van der Waals surface area (Å²) >= 11 is 0. The third-order valence-corrected chi connectivity index (χ3v) is 5.73. The monoisotopic (exact) mass is 236 g/mol. The van der Waals surface area contributed by atoms with E-state index in [2.05, 4.69) is 34.6 Å². The summed E-state index contributed by atoms with van der Waals surface area (Å²) in [4.78, 5) is 0. The van der Waals surface area contributed by atoms with Gasteiger partial charge in [-0.2, -0.15) is 0 Å². The average molecular weight is 236 g/mol. The van der Waals surface area contributed by atoms with Crippen molar-refractivity contribution in [1.82, 2.24) is 0 Å². The summed E-state index contributed by atoms with van der Waals surface area (Å²) < 4.78 is 0. The molecule has 2 fully saturated rings. The van der Waals surface area contributed by atoms with Gasteiger partial charge in [0.1, 0.15) is 0 Å². The van der Waals surface area contributed by atoms with E-state index in [1.54, 1.807) is 25.7 Å². The van der Waals surface area contributed by atoms with Gasteiger partial charge in [0.15, 0.2) is 0 Å². The highest BCUT2D eigenvalue weighted by Crippen LogP contribution is 2.55. The zero-order valence-corrected chi connectivity index (χ0v) is 12.6. The van der Waals surface area contributed by atoms with Crippen molar-refractivity contribution in [2.75, 3.05) is 0 Å². The van der Waals surface area contributed by atoms with Gasteiger partial charge in [0, 0.05) is 0 Å². The maximum absolute atomic E-state index is 2.52. The molecular formula is C17H32. The Morgan fingerprint density at radius 2 is 1.53 bits per heavy atom. The zero-order valence-electron chi connectivity index (χ0n) is 12.6. The van der Waals surface area contributed by atoms with Gasteiger partial charge in [-0.15, -0.1) is 0 Å². The Kier molecular flexibility index (Phi) is 3.90. The summed E-state index contributed by atoms with van der Waals surface area (Å²) in [5.41, 5.74) is 0.584. The molecule has 0 radical (unpaired) electrons. The molecule has 0 aromatic rings. The molecule has 0 aromatic heterocycles. The first kappa shape index (κ1) is 13.4. The molecule has 0 saturated heterocycles. The molecule has 0 aromatic carbocycles. The van der Waals surface area contributed by atoms with Crippen LogP contribution in [0.2, 0.25) is 0 Å². The maximum Gasteiger partial charge on any atom is -0.0323 e. The minimum atomic E-state index is 0.584. The van der Waals surface area contributed by atoms with E-state index in [0.717, 1.165) is 29.6 Å². The molecule has 100 valence electrons. The molecule has 2 saturated carbocycles. The Labute approximate surface area is 109 Å². The van der Waals surface area contributed by atoms with Crippen molar-refractivity contribution in [2.45, 2.75) is 73.1 Å². The summed E-state index contributed by atoms with van der Waals surface area (Å²) in [6, 6.07) is 0. The summed E-state index contributed by atoms with van der Waals surface area (Å²) in [7, 11) is 0. The van der Waals surface area contributed by atoms with Crippen LogP contribution in [0.1, 0.15) is 73.1 Å². The van der Waals surface area contributed by atoms with Gasteiger partial charge in [-0.3, -0.25) is 0 Å². The molecule has 2 rings (SSSR count). The Balaban J connectivity index is 1.91. The van der Waals surface area contributed by atoms with Crippen LogP contribution in [0.4, 0.5) is 0 Å². The summed E-state index contributed by atoms with van der Waals surface area (Å²) in [5, 5.41) is 0. The molecule has 2 unspecified atom stereocenters. The molecular weight excluding hydrogens is 204 g/mol. The quantitative estimate of drug-likeness (QED) is 0.603. The largest absolute Gasteiger partial charge is 0.0651 e. The second kappa shape index (κ2) is 4.94.